The van der Waals surface area contributed by atoms with E-state index >= 15 is 0 Å². The first kappa shape index (κ1) is 36.3. The van der Waals surface area contributed by atoms with Gasteiger partial charge in [0.1, 0.15) is 0 Å². The van der Waals surface area contributed by atoms with E-state index in [1.54, 1.807) is 29.4 Å². The van der Waals surface area contributed by atoms with Crippen molar-refractivity contribution in [2.45, 2.75) is 92.8 Å². The molecule has 4 heteroatoms. The Morgan fingerprint density at radius 2 is 1.19 bits per heavy atom. The number of benzene rings is 2. The summed E-state index contributed by atoms with van der Waals surface area (Å²) in [6.45, 7) is 27.2. The zero-order valence-corrected chi connectivity index (χ0v) is 30.0. The summed E-state index contributed by atoms with van der Waals surface area (Å²) in [5.41, 5.74) is 3.21. The molecule has 0 aromatic heterocycles. The molecular weight excluding hydrogens is 587 g/mol. The number of allylic oxidation sites excluding steroid dienone is 4. The smallest absolute Gasteiger partial charge is 1.00 e. The third kappa shape index (κ3) is 10.8. The Morgan fingerprint density at radius 1 is 0.811 bits per heavy atom. The Bertz CT molecular complexity index is 1170. The molecule has 1 aliphatic rings. The van der Waals surface area contributed by atoms with E-state index in [1.807, 2.05) is 0 Å². The van der Waals surface area contributed by atoms with Crippen LogP contribution < -0.4 is 24.8 Å². The van der Waals surface area contributed by atoms with Crippen LogP contribution in [0.4, 0.5) is 0 Å². The monoisotopic (exact) mass is 630 g/mol. The average Bonchev–Trinajstić information content (AvgIpc) is 3.29. The molecule has 1 aliphatic carbocycles. The molecule has 202 valence electrons. The van der Waals surface area contributed by atoms with Crippen molar-refractivity contribution >= 4 is 32.8 Å². The van der Waals surface area contributed by atoms with Gasteiger partial charge >= 0.3 is 41.3 Å². The topological polar surface area (TPSA) is 0 Å². The molecule has 37 heavy (non-hydrogen) atoms. The SMILES string of the molecule is CC(C)(C)c1ccc2c(c1)[cH-]c1cc(C(C)(C)C)ccc12.CC1[C-]=CC([Si](C)(C)C)=C1.C[C](C)=[Zr+2].[Cl-].[Cl-]. The van der Waals surface area contributed by atoms with Crippen LogP contribution in [0, 0.1) is 12.0 Å². The van der Waals surface area contributed by atoms with Crippen molar-refractivity contribution in [1.82, 2.24) is 0 Å². The van der Waals surface area contributed by atoms with Crippen molar-refractivity contribution < 1.29 is 49.0 Å². The molecule has 0 saturated heterocycles. The largest absolute Gasteiger partial charge is 1.00 e. The Kier molecular flexibility index (Phi) is 13.9. The molecule has 0 spiro atoms. The van der Waals surface area contributed by atoms with E-state index in [9.17, 15) is 0 Å². The third-order valence-electron chi connectivity index (χ3n) is 6.23. The Labute approximate surface area is 255 Å². The number of fused-ring (bicyclic) bond motifs is 3. The second-order valence-electron chi connectivity index (χ2n) is 13.2. The fraction of sp³-hybridized carbons (Fsp3) is 0.455. The molecule has 4 rings (SSSR count). The molecule has 0 radical (unpaired) electrons. The molecule has 0 amide bonds. The summed E-state index contributed by atoms with van der Waals surface area (Å²) in [5.74, 6) is 0.557. The molecule has 0 aliphatic heterocycles. The maximum Gasteiger partial charge on any atom is -1.00 e. The Morgan fingerprint density at radius 3 is 1.43 bits per heavy atom. The van der Waals surface area contributed by atoms with Crippen LogP contribution in [-0.4, -0.2) is 11.3 Å². The minimum Gasteiger partial charge on any atom is -1.00 e. The maximum absolute atomic E-state index is 3.29. The van der Waals surface area contributed by atoms with Crippen LogP contribution >= 0.6 is 0 Å². The second-order valence-corrected chi connectivity index (χ2v) is 20.8. The number of hydrogen-bond acceptors (Lipinski definition) is 0. The van der Waals surface area contributed by atoms with Crippen LogP contribution in [0.25, 0.3) is 21.5 Å². The van der Waals surface area contributed by atoms with Crippen LogP contribution in [0.2, 0.25) is 19.6 Å². The third-order valence-corrected chi connectivity index (χ3v) is 8.28. The van der Waals surface area contributed by atoms with Gasteiger partial charge in [-0.25, -0.2) is 11.3 Å². The van der Waals surface area contributed by atoms with Gasteiger partial charge in [-0.15, -0.1) is 39.7 Å². The van der Waals surface area contributed by atoms with Crippen molar-refractivity contribution in [2.24, 2.45) is 5.92 Å². The van der Waals surface area contributed by atoms with Gasteiger partial charge in [0, 0.05) is 0 Å². The molecule has 0 saturated carbocycles. The van der Waals surface area contributed by atoms with Crippen LogP contribution in [0.3, 0.4) is 0 Å². The van der Waals surface area contributed by atoms with E-state index in [1.165, 1.54) is 35.9 Å². The molecule has 3 aromatic rings. The van der Waals surface area contributed by atoms with E-state index in [0.29, 0.717) is 5.92 Å². The fourth-order valence-corrected chi connectivity index (χ4v) is 5.28. The Hall–Kier alpha value is -0.660. The van der Waals surface area contributed by atoms with E-state index < -0.39 is 8.07 Å². The molecule has 0 heterocycles. The molecule has 1 atom stereocenters. The molecule has 1 unspecified atom stereocenters. The van der Waals surface area contributed by atoms with Gasteiger partial charge in [0.2, 0.25) is 0 Å². The summed E-state index contributed by atoms with van der Waals surface area (Å²) in [6, 6.07) is 16.2. The zero-order valence-electron chi connectivity index (χ0n) is 25.0. The van der Waals surface area contributed by atoms with Gasteiger partial charge < -0.3 is 24.8 Å². The first-order valence-electron chi connectivity index (χ1n) is 12.9. The van der Waals surface area contributed by atoms with Gasteiger partial charge in [0.15, 0.2) is 0 Å². The van der Waals surface area contributed by atoms with Gasteiger partial charge in [0.05, 0.1) is 0 Å². The maximum atomic E-state index is 3.29. The van der Waals surface area contributed by atoms with Crippen LogP contribution in [0.1, 0.15) is 73.4 Å². The fourth-order valence-electron chi connectivity index (χ4n) is 4.01. The van der Waals surface area contributed by atoms with Crippen molar-refractivity contribution in [3.63, 3.8) is 0 Å². The van der Waals surface area contributed by atoms with Crippen LogP contribution in [0.15, 0.2) is 59.8 Å². The predicted octanol–water partition coefficient (Wildman–Crippen LogP) is 3.86. The summed E-state index contributed by atoms with van der Waals surface area (Å²) in [7, 11) is -1.02. The van der Waals surface area contributed by atoms with Crippen molar-refractivity contribution in [3.05, 3.63) is 77.0 Å². The van der Waals surface area contributed by atoms with E-state index in [4.69, 9.17) is 0 Å². The normalized spacial score (nSPS) is 15.1. The van der Waals surface area contributed by atoms with Crippen LogP contribution in [-0.2, 0) is 35.1 Å². The molecule has 0 bridgehead atoms. The second kappa shape index (κ2) is 14.1. The molecule has 0 fully saturated rings. The summed E-state index contributed by atoms with van der Waals surface area (Å²) < 4.78 is 1.51. The molecule has 3 aromatic carbocycles. The number of hydrogen-bond donors (Lipinski definition) is 0. The number of halogens is 2. The summed E-state index contributed by atoms with van der Waals surface area (Å²) in [6.07, 6.45) is 7.81. The van der Waals surface area contributed by atoms with Crippen molar-refractivity contribution in [3.8, 4) is 0 Å². The van der Waals surface area contributed by atoms with Gasteiger partial charge in [-0.2, -0.15) is 6.08 Å². The van der Waals surface area contributed by atoms with Gasteiger partial charge in [-0.1, -0.05) is 109 Å². The van der Waals surface area contributed by atoms with Gasteiger partial charge in [0.25, 0.3) is 0 Å². The predicted molar refractivity (Wildman–Crippen MR) is 159 cm³/mol. The summed E-state index contributed by atoms with van der Waals surface area (Å²) >= 11 is 1.55. The minimum absolute atomic E-state index is 0. The van der Waals surface area contributed by atoms with E-state index in [-0.39, 0.29) is 35.6 Å². The van der Waals surface area contributed by atoms with Crippen LogP contribution in [0.5, 0.6) is 0 Å². The molecule has 0 N–H and O–H groups in total. The standard InChI is InChI=1S/C21H25.C9H15Si.C3H6.2ClH.Zr/c1-20(2,3)16-7-9-18-14(12-16)11-15-13-17(21(4,5)6)8-10-19(15)18;1-8-5-6-9(7-8)10(2,3)4;1-3-2;;;/h7-13H,1-6H3;6-8H,1-4H3;1-2H3;2*1H;/q2*-1;;;;+2/p-2. The summed E-state index contributed by atoms with van der Waals surface area (Å²) in [4.78, 5) is 0. The van der Waals surface area contributed by atoms with Gasteiger partial charge in [-0.05, 0) is 18.9 Å². The van der Waals surface area contributed by atoms with E-state index in [2.05, 4.69) is 143 Å². The minimum atomic E-state index is -1.02. The van der Waals surface area contributed by atoms with Crippen molar-refractivity contribution in [2.75, 3.05) is 0 Å². The van der Waals surface area contributed by atoms with E-state index in [0.717, 1.165) is 0 Å². The average molecular weight is 633 g/mol. The quantitative estimate of drug-likeness (QED) is 0.283. The number of rotatable bonds is 1. The first-order valence-corrected chi connectivity index (χ1v) is 17.6. The zero-order chi connectivity index (χ0) is 26.8. The van der Waals surface area contributed by atoms with Gasteiger partial charge in [-0.3, -0.25) is 6.08 Å². The molecular formula is C33H46Cl2SiZr-2. The molecule has 0 nitrogen and oxygen atoms in total. The first-order chi connectivity index (χ1) is 15.9. The Balaban J connectivity index is 0.000000684. The summed E-state index contributed by atoms with van der Waals surface area (Å²) in [5, 5.41) is 7.03. The van der Waals surface area contributed by atoms with Crippen molar-refractivity contribution in [1.29, 1.82) is 0 Å².